The maximum atomic E-state index is 11.6. The number of aliphatic carboxylic acids is 1. The largest absolute Gasteiger partial charge is 0.477 e. The number of carboxylic acids is 1. The number of thioether (sulfide) groups is 1. The molecule has 3 aliphatic rings. The van der Waals surface area contributed by atoms with E-state index in [0.29, 0.717) is 12.2 Å². The summed E-state index contributed by atoms with van der Waals surface area (Å²) in [5.41, 5.74) is 0.956. The number of rotatable bonds is 4. The van der Waals surface area contributed by atoms with Gasteiger partial charge in [0, 0.05) is 18.6 Å². The minimum absolute atomic E-state index is 0.0314. The summed E-state index contributed by atoms with van der Waals surface area (Å²) in [5, 5.41) is 9.44. The standard InChI is InChI=1S/C15H20N2O3S/c1-17(6-2-3-7-17)8-4-5-11-10-21-13-9-12(18)16(13)14(11)15(19)20/h4-5,13H,2-3,6-10H2,1H3/p+1/t13-/m1/s1. The van der Waals surface area contributed by atoms with Gasteiger partial charge in [-0.25, -0.2) is 4.79 Å². The molecule has 5 nitrogen and oxygen atoms in total. The molecule has 3 aliphatic heterocycles. The summed E-state index contributed by atoms with van der Waals surface area (Å²) in [6.07, 6.45) is 7.00. The fourth-order valence-electron chi connectivity index (χ4n) is 3.30. The van der Waals surface area contributed by atoms with E-state index in [1.165, 1.54) is 30.8 Å². The smallest absolute Gasteiger partial charge is 0.352 e. The molecule has 0 aliphatic carbocycles. The molecule has 6 heteroatoms. The lowest BCUT2D eigenvalue weighted by Gasteiger charge is -2.43. The van der Waals surface area contributed by atoms with Crippen molar-refractivity contribution in [1.82, 2.24) is 4.90 Å². The number of carboxylic acid groups (broad SMARTS) is 1. The molecule has 0 unspecified atom stereocenters. The Balaban J connectivity index is 1.76. The zero-order chi connectivity index (χ0) is 15.0. The van der Waals surface area contributed by atoms with Crippen molar-refractivity contribution in [2.75, 3.05) is 32.4 Å². The Morgan fingerprint density at radius 1 is 1.48 bits per heavy atom. The molecule has 1 amide bonds. The van der Waals surface area contributed by atoms with Gasteiger partial charge in [-0.15, -0.1) is 11.8 Å². The normalized spacial score (nSPS) is 28.0. The van der Waals surface area contributed by atoms with Crippen LogP contribution in [-0.4, -0.2) is 64.2 Å². The first-order valence-corrected chi connectivity index (χ1v) is 8.45. The lowest BCUT2D eigenvalue weighted by Crippen LogP contribution is -2.53. The monoisotopic (exact) mass is 309 g/mol. The van der Waals surface area contributed by atoms with E-state index in [-0.39, 0.29) is 17.0 Å². The summed E-state index contributed by atoms with van der Waals surface area (Å²) in [7, 11) is 2.24. The fourth-order valence-corrected chi connectivity index (χ4v) is 4.53. The van der Waals surface area contributed by atoms with Crippen molar-refractivity contribution in [3.63, 3.8) is 0 Å². The number of likely N-dealkylation sites (tertiary alicyclic amines) is 1. The number of β-lactam (4-membered cyclic amide) rings is 1. The van der Waals surface area contributed by atoms with E-state index in [2.05, 4.69) is 13.1 Å². The average molecular weight is 309 g/mol. The van der Waals surface area contributed by atoms with Gasteiger partial charge in [0.15, 0.2) is 0 Å². The van der Waals surface area contributed by atoms with E-state index in [4.69, 9.17) is 0 Å². The summed E-state index contributed by atoms with van der Waals surface area (Å²) in [4.78, 5) is 24.6. The minimum atomic E-state index is -0.991. The molecule has 3 rings (SSSR count). The van der Waals surface area contributed by atoms with E-state index in [9.17, 15) is 14.7 Å². The molecule has 1 atom stereocenters. The van der Waals surface area contributed by atoms with Crippen molar-refractivity contribution < 1.29 is 19.2 Å². The lowest BCUT2D eigenvalue weighted by atomic mass is 10.1. The molecule has 21 heavy (non-hydrogen) atoms. The van der Waals surface area contributed by atoms with Crippen LogP contribution in [0, 0.1) is 0 Å². The second-order valence-electron chi connectivity index (χ2n) is 6.27. The molecule has 0 bridgehead atoms. The van der Waals surface area contributed by atoms with Crippen molar-refractivity contribution in [3.05, 3.63) is 23.4 Å². The van der Waals surface area contributed by atoms with Crippen LogP contribution in [0.3, 0.4) is 0 Å². The molecule has 114 valence electrons. The molecule has 0 aromatic carbocycles. The summed E-state index contributed by atoms with van der Waals surface area (Å²) in [5.74, 6) is -0.389. The van der Waals surface area contributed by atoms with E-state index in [0.717, 1.165) is 16.6 Å². The van der Waals surface area contributed by atoms with Crippen LogP contribution in [0.2, 0.25) is 0 Å². The fraction of sp³-hybridized carbons (Fsp3) is 0.600. The Labute approximate surface area is 128 Å². The van der Waals surface area contributed by atoms with Crippen LogP contribution in [-0.2, 0) is 9.59 Å². The molecule has 0 aromatic rings. The van der Waals surface area contributed by atoms with Crippen LogP contribution in [0.4, 0.5) is 0 Å². The number of amides is 1. The number of hydrogen-bond donors (Lipinski definition) is 1. The molecule has 3 heterocycles. The van der Waals surface area contributed by atoms with Crippen LogP contribution < -0.4 is 0 Å². The zero-order valence-electron chi connectivity index (χ0n) is 12.2. The second-order valence-corrected chi connectivity index (χ2v) is 7.44. The number of allylic oxidation sites excluding steroid dienone is 1. The third-order valence-electron chi connectivity index (χ3n) is 4.60. The van der Waals surface area contributed by atoms with E-state index >= 15 is 0 Å². The van der Waals surface area contributed by atoms with Gasteiger partial charge >= 0.3 is 5.97 Å². The molecule has 0 spiro atoms. The highest BCUT2D eigenvalue weighted by atomic mass is 32.2. The van der Waals surface area contributed by atoms with Gasteiger partial charge in [-0.05, 0) is 11.6 Å². The third-order valence-corrected chi connectivity index (χ3v) is 5.84. The molecular formula is C15H21N2O3S+. The Morgan fingerprint density at radius 3 is 2.81 bits per heavy atom. The summed E-state index contributed by atoms with van der Waals surface area (Å²) >= 11 is 1.66. The maximum absolute atomic E-state index is 11.6. The Morgan fingerprint density at radius 2 is 2.19 bits per heavy atom. The van der Waals surface area contributed by atoms with Gasteiger partial charge < -0.3 is 9.59 Å². The van der Waals surface area contributed by atoms with Gasteiger partial charge in [-0.2, -0.15) is 0 Å². The van der Waals surface area contributed by atoms with Crippen LogP contribution in [0.1, 0.15) is 19.3 Å². The van der Waals surface area contributed by atoms with Crippen molar-refractivity contribution in [1.29, 1.82) is 0 Å². The second kappa shape index (κ2) is 5.50. The number of carbonyl (C=O) groups is 2. The van der Waals surface area contributed by atoms with E-state index in [1.807, 2.05) is 6.08 Å². The first kappa shape index (κ1) is 14.7. The first-order chi connectivity index (χ1) is 10.0. The predicted octanol–water partition coefficient (Wildman–Crippen LogP) is 1.43. The molecule has 0 aromatic heterocycles. The number of likely N-dealkylation sites (N-methyl/N-ethyl adjacent to an activating group) is 1. The SMILES string of the molecule is C[N+]1(CC=CC2=C(C(=O)O)N3C(=O)C[C@H]3SC2)CCCC1. The van der Waals surface area contributed by atoms with Crippen LogP contribution in [0.15, 0.2) is 23.4 Å². The minimum Gasteiger partial charge on any atom is -0.477 e. The van der Waals surface area contributed by atoms with Gasteiger partial charge in [-0.3, -0.25) is 9.69 Å². The molecular weight excluding hydrogens is 288 g/mol. The topological polar surface area (TPSA) is 57.6 Å². The van der Waals surface area contributed by atoms with Gasteiger partial charge in [0.1, 0.15) is 5.70 Å². The Hall–Kier alpha value is -1.27. The summed E-state index contributed by atoms with van der Waals surface area (Å²) < 4.78 is 1.03. The summed E-state index contributed by atoms with van der Waals surface area (Å²) in [6, 6.07) is 0. The molecule has 2 saturated heterocycles. The number of nitrogens with zero attached hydrogens (tertiary/aromatic N) is 2. The molecule has 0 radical (unpaired) electrons. The highest BCUT2D eigenvalue weighted by molar-refractivity contribution is 8.00. The third kappa shape index (κ3) is 2.74. The van der Waals surface area contributed by atoms with Crippen LogP contribution >= 0.6 is 11.8 Å². The van der Waals surface area contributed by atoms with Gasteiger partial charge in [0.25, 0.3) is 0 Å². The quantitative estimate of drug-likeness (QED) is 0.630. The first-order valence-electron chi connectivity index (χ1n) is 7.40. The average Bonchev–Trinajstić information content (AvgIpc) is 2.85. The van der Waals surface area contributed by atoms with Crippen molar-refractivity contribution >= 4 is 23.6 Å². The molecule has 0 saturated carbocycles. The number of quaternary nitrogens is 1. The Bertz CT molecular complexity index is 535. The number of fused-ring (bicyclic) bond motifs is 1. The van der Waals surface area contributed by atoms with E-state index < -0.39 is 5.97 Å². The van der Waals surface area contributed by atoms with Crippen molar-refractivity contribution in [2.24, 2.45) is 0 Å². The van der Waals surface area contributed by atoms with Crippen LogP contribution in [0.5, 0.6) is 0 Å². The lowest BCUT2D eigenvalue weighted by molar-refractivity contribution is -0.891. The summed E-state index contributed by atoms with van der Waals surface area (Å²) in [6.45, 7) is 3.31. The van der Waals surface area contributed by atoms with Gasteiger partial charge in [0.05, 0.1) is 38.5 Å². The number of carbonyl (C=O) groups excluding carboxylic acids is 1. The van der Waals surface area contributed by atoms with Gasteiger partial charge in [-0.1, -0.05) is 6.08 Å². The molecule has 2 fully saturated rings. The Kier molecular flexibility index (Phi) is 3.84. The highest BCUT2D eigenvalue weighted by Crippen LogP contribution is 2.40. The molecule has 1 N–H and O–H groups in total. The maximum Gasteiger partial charge on any atom is 0.352 e. The van der Waals surface area contributed by atoms with Gasteiger partial charge in [0.2, 0.25) is 5.91 Å². The number of hydrogen-bond acceptors (Lipinski definition) is 3. The highest BCUT2D eigenvalue weighted by Gasteiger charge is 2.44. The van der Waals surface area contributed by atoms with Crippen molar-refractivity contribution in [2.45, 2.75) is 24.6 Å². The van der Waals surface area contributed by atoms with Crippen molar-refractivity contribution in [3.8, 4) is 0 Å². The van der Waals surface area contributed by atoms with E-state index in [1.54, 1.807) is 11.8 Å². The zero-order valence-corrected chi connectivity index (χ0v) is 13.1. The predicted molar refractivity (Wildman–Crippen MR) is 81.5 cm³/mol. The van der Waals surface area contributed by atoms with Crippen LogP contribution in [0.25, 0.3) is 0 Å².